The maximum Gasteiger partial charge on any atom is 0.240 e. The number of imidazole rings is 1. The van der Waals surface area contributed by atoms with Crippen molar-refractivity contribution in [3.63, 3.8) is 0 Å². The Hall–Kier alpha value is -2.76. The number of ether oxygens (including phenoxy) is 2. The molecule has 1 aliphatic heterocycles. The van der Waals surface area contributed by atoms with Crippen LogP contribution < -0.4 is 4.72 Å². The van der Waals surface area contributed by atoms with E-state index in [1.54, 1.807) is 41.2 Å². The van der Waals surface area contributed by atoms with Gasteiger partial charge in [0.15, 0.2) is 11.4 Å². The Morgan fingerprint density at radius 2 is 1.57 bits per heavy atom. The summed E-state index contributed by atoms with van der Waals surface area (Å²) in [5, 5.41) is 10.0. The molecule has 0 radical (unpaired) electrons. The highest BCUT2D eigenvalue weighted by molar-refractivity contribution is 7.89. The molecule has 8 nitrogen and oxygen atoms in total. The molecule has 0 aliphatic carbocycles. The number of benzene rings is 3. The summed E-state index contributed by atoms with van der Waals surface area (Å²) in [5.41, 5.74) is 3.36. The summed E-state index contributed by atoms with van der Waals surface area (Å²) in [7, 11) is -3.62. The van der Waals surface area contributed by atoms with E-state index < -0.39 is 16.3 Å². The fourth-order valence-electron chi connectivity index (χ4n) is 4.65. The topological polar surface area (TPSA) is 103 Å². The molecule has 3 aromatic carbocycles. The molecule has 4 aromatic rings. The molecule has 1 fully saturated rings. The van der Waals surface area contributed by atoms with Crippen LogP contribution in [-0.2, 0) is 39.2 Å². The Morgan fingerprint density at radius 3 is 2.20 bits per heavy atom. The molecule has 4 atom stereocenters. The number of aliphatic hydroxyl groups is 1. The number of hydrogen-bond donors (Lipinski definition) is 2. The first-order chi connectivity index (χ1) is 19.2. The molecular weight excluding hydrogens is 573 g/mol. The molecule has 0 spiro atoms. The normalized spacial score (nSPS) is 21.4. The van der Waals surface area contributed by atoms with Crippen molar-refractivity contribution >= 4 is 33.2 Å². The minimum atomic E-state index is -3.62. The highest BCUT2D eigenvalue weighted by Gasteiger charge is 2.38. The average Bonchev–Trinajstić information content (AvgIpc) is 3.30. The van der Waals surface area contributed by atoms with Gasteiger partial charge in [0, 0.05) is 18.0 Å². The van der Waals surface area contributed by atoms with E-state index >= 15 is 0 Å². The maximum atomic E-state index is 12.6. The number of hydrogen-bond acceptors (Lipinski definition) is 6. The average molecular weight is 603 g/mol. The SMILES string of the molecule is C[C@@H]1[C@H](Cn2cnc(Cl)c2Cl)O[C@H](c2ccc(CNS(=O)(=O)c3ccccc3)cc2)O[C@@H]1c1ccc(CO)cc1. The molecule has 1 saturated heterocycles. The van der Waals surface area contributed by atoms with Gasteiger partial charge in [0.2, 0.25) is 10.0 Å². The van der Waals surface area contributed by atoms with Crippen molar-refractivity contribution in [1.82, 2.24) is 14.3 Å². The third kappa shape index (κ3) is 6.42. The number of nitrogens with zero attached hydrogens (tertiary/aromatic N) is 2. The van der Waals surface area contributed by atoms with Gasteiger partial charge >= 0.3 is 0 Å². The molecule has 210 valence electrons. The molecule has 1 aliphatic rings. The van der Waals surface area contributed by atoms with Crippen LogP contribution in [0.1, 0.15) is 41.6 Å². The van der Waals surface area contributed by atoms with Crippen LogP contribution in [0.3, 0.4) is 0 Å². The van der Waals surface area contributed by atoms with Crippen LogP contribution in [0.5, 0.6) is 0 Å². The van der Waals surface area contributed by atoms with Crippen LogP contribution in [0.2, 0.25) is 10.3 Å². The summed E-state index contributed by atoms with van der Waals surface area (Å²) in [6.45, 7) is 2.58. The largest absolute Gasteiger partial charge is 0.392 e. The van der Waals surface area contributed by atoms with Crippen LogP contribution in [0.25, 0.3) is 0 Å². The first-order valence-corrected chi connectivity index (χ1v) is 15.0. The molecule has 2 heterocycles. The summed E-state index contributed by atoms with van der Waals surface area (Å²) < 4.78 is 42.5. The molecular formula is C29H29Cl2N3O5S. The molecule has 5 rings (SSSR count). The van der Waals surface area contributed by atoms with Crippen LogP contribution >= 0.6 is 23.2 Å². The summed E-state index contributed by atoms with van der Waals surface area (Å²) in [6, 6.07) is 23.4. The van der Waals surface area contributed by atoms with Crippen molar-refractivity contribution in [3.05, 3.63) is 118 Å². The molecule has 0 amide bonds. The van der Waals surface area contributed by atoms with Crippen molar-refractivity contribution in [2.75, 3.05) is 0 Å². The first-order valence-electron chi connectivity index (χ1n) is 12.8. The summed E-state index contributed by atoms with van der Waals surface area (Å²) >= 11 is 12.4. The van der Waals surface area contributed by atoms with E-state index in [2.05, 4.69) is 16.6 Å². The van der Waals surface area contributed by atoms with Crippen molar-refractivity contribution in [2.24, 2.45) is 5.92 Å². The lowest BCUT2D eigenvalue weighted by atomic mass is 9.90. The third-order valence-corrected chi connectivity index (χ3v) is 9.19. The summed E-state index contributed by atoms with van der Waals surface area (Å²) in [4.78, 5) is 4.30. The second-order valence-electron chi connectivity index (χ2n) is 9.68. The van der Waals surface area contributed by atoms with Gasteiger partial charge in [0.05, 0.1) is 36.6 Å². The number of nitrogens with one attached hydrogen (secondary N) is 1. The van der Waals surface area contributed by atoms with Gasteiger partial charge in [-0.15, -0.1) is 0 Å². The minimum absolute atomic E-state index is 0.0382. The lowest BCUT2D eigenvalue weighted by molar-refractivity contribution is -0.276. The van der Waals surface area contributed by atoms with E-state index in [1.165, 1.54) is 0 Å². The summed E-state index contributed by atoms with van der Waals surface area (Å²) in [6.07, 6.45) is 0.311. The molecule has 2 N–H and O–H groups in total. The third-order valence-electron chi connectivity index (χ3n) is 7.00. The zero-order valence-electron chi connectivity index (χ0n) is 21.7. The van der Waals surface area contributed by atoms with Crippen molar-refractivity contribution in [1.29, 1.82) is 0 Å². The Labute approximate surface area is 243 Å². The fraction of sp³-hybridized carbons (Fsp3) is 0.276. The minimum Gasteiger partial charge on any atom is -0.392 e. The summed E-state index contributed by atoms with van der Waals surface area (Å²) in [5.74, 6) is -0.0554. The molecule has 0 unspecified atom stereocenters. The van der Waals surface area contributed by atoms with Crippen LogP contribution in [0.4, 0.5) is 0 Å². The van der Waals surface area contributed by atoms with E-state index in [9.17, 15) is 13.5 Å². The van der Waals surface area contributed by atoms with Crippen LogP contribution in [0, 0.1) is 5.92 Å². The standard InChI is InChI=1S/C29H29Cl2N3O5S/c1-19-25(16-34-18-32-27(30)28(34)31)38-29(39-26(19)22-11-9-21(17-35)10-12-22)23-13-7-20(8-14-23)15-33-40(36,37)24-5-3-2-4-6-24/h2-14,18-19,25-26,29,33,35H,15-17H2,1H3/t19-,25+,26+,29+/m1/s1. The van der Waals surface area contributed by atoms with Gasteiger partial charge in [-0.1, -0.05) is 96.9 Å². The Kier molecular flexibility index (Phi) is 8.92. The number of sulfonamides is 1. The molecule has 0 bridgehead atoms. The second kappa shape index (κ2) is 12.4. The quantitative estimate of drug-likeness (QED) is 0.257. The maximum absolute atomic E-state index is 12.6. The highest BCUT2D eigenvalue weighted by Crippen LogP contribution is 2.42. The fourth-order valence-corrected chi connectivity index (χ4v) is 6.00. The monoisotopic (exact) mass is 601 g/mol. The molecule has 11 heteroatoms. The smallest absolute Gasteiger partial charge is 0.240 e. The van der Waals surface area contributed by atoms with Crippen LogP contribution in [0.15, 0.2) is 90.1 Å². The second-order valence-corrected chi connectivity index (χ2v) is 12.2. The number of aliphatic hydroxyl groups excluding tert-OH is 1. The van der Waals surface area contributed by atoms with Gasteiger partial charge in [-0.3, -0.25) is 0 Å². The van der Waals surface area contributed by atoms with E-state index in [0.717, 1.165) is 22.3 Å². The number of halogens is 2. The number of aromatic nitrogens is 2. The van der Waals surface area contributed by atoms with E-state index in [1.807, 2.05) is 48.5 Å². The van der Waals surface area contributed by atoms with Gasteiger partial charge in [-0.2, -0.15) is 0 Å². The predicted molar refractivity (Wildman–Crippen MR) is 152 cm³/mol. The van der Waals surface area contributed by atoms with Gasteiger partial charge in [-0.05, 0) is 28.8 Å². The predicted octanol–water partition coefficient (Wildman–Crippen LogP) is 5.65. The highest BCUT2D eigenvalue weighted by atomic mass is 35.5. The Morgan fingerprint density at radius 1 is 0.925 bits per heavy atom. The lowest BCUT2D eigenvalue weighted by Gasteiger charge is -2.41. The zero-order chi connectivity index (χ0) is 28.3. The molecule has 0 saturated carbocycles. The van der Waals surface area contributed by atoms with Crippen molar-refractivity contribution in [2.45, 2.75) is 50.0 Å². The van der Waals surface area contributed by atoms with Crippen molar-refractivity contribution < 1.29 is 23.0 Å². The van der Waals surface area contributed by atoms with E-state index in [0.29, 0.717) is 11.7 Å². The number of rotatable bonds is 9. The Balaban J connectivity index is 1.35. The van der Waals surface area contributed by atoms with Gasteiger partial charge in [-0.25, -0.2) is 18.1 Å². The zero-order valence-corrected chi connectivity index (χ0v) is 24.0. The van der Waals surface area contributed by atoms with Gasteiger partial charge < -0.3 is 19.1 Å². The van der Waals surface area contributed by atoms with E-state index in [-0.39, 0.29) is 41.3 Å². The van der Waals surface area contributed by atoms with Gasteiger partial charge in [0.25, 0.3) is 0 Å². The first kappa shape index (κ1) is 28.8. The van der Waals surface area contributed by atoms with Crippen molar-refractivity contribution in [3.8, 4) is 0 Å². The molecule has 40 heavy (non-hydrogen) atoms. The Bertz CT molecular complexity index is 1530. The van der Waals surface area contributed by atoms with Gasteiger partial charge in [0.1, 0.15) is 5.15 Å². The van der Waals surface area contributed by atoms with Crippen LogP contribution in [-0.4, -0.2) is 29.2 Å². The van der Waals surface area contributed by atoms with E-state index in [4.69, 9.17) is 32.7 Å². The lowest BCUT2D eigenvalue weighted by Crippen LogP contribution is -2.39. The molecule has 1 aromatic heterocycles.